The molecule has 0 aliphatic carbocycles. The third-order valence-electron chi connectivity index (χ3n) is 4.09. The Kier molecular flexibility index (Phi) is 6.19. The Morgan fingerprint density at radius 1 is 1.00 bits per heavy atom. The zero-order valence-electron chi connectivity index (χ0n) is 15.9. The number of hydrogen-bond donors (Lipinski definition) is 2. The van der Waals surface area contributed by atoms with E-state index in [2.05, 4.69) is 0 Å². The number of benzene rings is 2. The Morgan fingerprint density at radius 3 is 2.28 bits per heavy atom. The molecule has 2 aromatic carbocycles. The summed E-state index contributed by atoms with van der Waals surface area (Å²) in [5, 5.41) is 4.31. The second-order valence-corrected chi connectivity index (χ2v) is 6.74. The lowest BCUT2D eigenvalue weighted by molar-refractivity contribution is -0.123. The summed E-state index contributed by atoms with van der Waals surface area (Å²) in [7, 11) is 0. The van der Waals surface area contributed by atoms with Crippen LogP contribution in [0.25, 0.3) is 6.08 Å². The average Bonchev–Trinajstić information content (AvgIpc) is 2.65. The molecule has 2 N–H and O–H groups in total. The highest BCUT2D eigenvalue weighted by Crippen LogP contribution is 2.38. The van der Waals surface area contributed by atoms with Crippen LogP contribution < -0.4 is 20.1 Å². The van der Waals surface area contributed by atoms with Crippen molar-refractivity contribution < 1.29 is 23.9 Å². The van der Waals surface area contributed by atoms with E-state index in [1.807, 2.05) is 48.7 Å². The minimum absolute atomic E-state index is 0.212. The van der Waals surface area contributed by atoms with Crippen molar-refractivity contribution in [1.82, 2.24) is 10.6 Å². The maximum absolute atomic E-state index is 11.9. The van der Waals surface area contributed by atoms with E-state index in [1.165, 1.54) is 6.08 Å². The van der Waals surface area contributed by atoms with Gasteiger partial charge < -0.3 is 9.47 Å². The van der Waals surface area contributed by atoms with E-state index in [0.717, 1.165) is 11.1 Å². The van der Waals surface area contributed by atoms with Crippen LogP contribution in [0.5, 0.6) is 11.5 Å². The summed E-state index contributed by atoms with van der Waals surface area (Å²) in [6, 6.07) is 10.2. The fourth-order valence-electron chi connectivity index (χ4n) is 2.69. The minimum atomic E-state index is -0.856. The predicted molar refractivity (Wildman–Crippen MR) is 108 cm³/mol. The zero-order valence-corrected chi connectivity index (χ0v) is 16.6. The minimum Gasteiger partial charge on any atom is -0.490 e. The van der Waals surface area contributed by atoms with Gasteiger partial charge in [-0.3, -0.25) is 20.2 Å². The standard InChI is InChI=1S/C21H19ClN2O5/c1-3-28-17-10-14(8-15-19(25)23-21(27)24-20(15)26)9-16(22)18(17)29-11-13-6-4-12(2)5-7-13/h4-10H,3,11H2,1-2H3,(H2,23,24,25,26,27). The summed E-state index contributed by atoms with van der Waals surface area (Å²) in [6.07, 6.45) is 1.33. The monoisotopic (exact) mass is 414 g/mol. The fourth-order valence-corrected chi connectivity index (χ4v) is 2.96. The third-order valence-corrected chi connectivity index (χ3v) is 4.37. The first-order valence-corrected chi connectivity index (χ1v) is 9.28. The Balaban J connectivity index is 1.88. The molecule has 0 saturated carbocycles. The molecule has 1 saturated heterocycles. The molecule has 0 spiro atoms. The molecule has 1 aliphatic heterocycles. The number of rotatable bonds is 6. The maximum Gasteiger partial charge on any atom is 0.328 e. The molecular formula is C21H19ClN2O5. The number of nitrogens with one attached hydrogen (secondary N) is 2. The first-order chi connectivity index (χ1) is 13.9. The van der Waals surface area contributed by atoms with E-state index in [9.17, 15) is 14.4 Å². The largest absolute Gasteiger partial charge is 0.490 e. The molecule has 1 heterocycles. The molecule has 29 heavy (non-hydrogen) atoms. The first kappa shape index (κ1) is 20.4. The Bertz CT molecular complexity index is 977. The van der Waals surface area contributed by atoms with Crippen LogP contribution in [-0.2, 0) is 16.2 Å². The number of hydrogen-bond acceptors (Lipinski definition) is 5. The van der Waals surface area contributed by atoms with E-state index in [-0.39, 0.29) is 10.6 Å². The van der Waals surface area contributed by atoms with Gasteiger partial charge in [-0.2, -0.15) is 0 Å². The average molecular weight is 415 g/mol. The summed E-state index contributed by atoms with van der Waals surface area (Å²) in [4.78, 5) is 35.0. The van der Waals surface area contributed by atoms with Gasteiger partial charge in [0, 0.05) is 0 Å². The molecule has 0 atom stereocenters. The summed E-state index contributed by atoms with van der Waals surface area (Å²) in [6.45, 7) is 4.49. The van der Waals surface area contributed by atoms with Crippen molar-refractivity contribution in [3.63, 3.8) is 0 Å². The van der Waals surface area contributed by atoms with Crippen LogP contribution in [0.2, 0.25) is 5.02 Å². The molecule has 1 aliphatic rings. The fraction of sp³-hybridized carbons (Fsp3) is 0.190. The summed E-state index contributed by atoms with van der Waals surface area (Å²) < 4.78 is 11.5. The first-order valence-electron chi connectivity index (χ1n) is 8.90. The van der Waals surface area contributed by atoms with E-state index in [1.54, 1.807) is 12.1 Å². The van der Waals surface area contributed by atoms with Crippen LogP contribution in [0.1, 0.15) is 23.6 Å². The van der Waals surface area contributed by atoms with Gasteiger partial charge in [-0.05, 0) is 43.2 Å². The molecular weight excluding hydrogens is 396 g/mol. The molecule has 7 nitrogen and oxygen atoms in total. The number of ether oxygens (including phenoxy) is 2. The van der Waals surface area contributed by atoms with Crippen molar-refractivity contribution >= 4 is 35.5 Å². The quantitative estimate of drug-likeness (QED) is 0.558. The van der Waals surface area contributed by atoms with Gasteiger partial charge in [-0.25, -0.2) is 4.79 Å². The van der Waals surface area contributed by atoms with Crippen LogP contribution in [0.4, 0.5) is 4.79 Å². The van der Waals surface area contributed by atoms with Gasteiger partial charge in [0.05, 0.1) is 11.6 Å². The van der Waals surface area contributed by atoms with Crippen molar-refractivity contribution in [3.05, 3.63) is 63.7 Å². The number of barbiturate groups is 1. The van der Waals surface area contributed by atoms with Gasteiger partial charge in [0.25, 0.3) is 11.8 Å². The lowest BCUT2D eigenvalue weighted by Gasteiger charge is -2.16. The predicted octanol–water partition coefficient (Wildman–Crippen LogP) is 3.38. The second-order valence-electron chi connectivity index (χ2n) is 6.33. The van der Waals surface area contributed by atoms with Crippen LogP contribution >= 0.6 is 11.6 Å². The maximum atomic E-state index is 11.9. The van der Waals surface area contributed by atoms with E-state index >= 15 is 0 Å². The smallest absolute Gasteiger partial charge is 0.328 e. The number of carbonyl (C=O) groups is 3. The number of halogens is 1. The number of aryl methyl sites for hydroxylation is 1. The molecule has 4 amide bonds. The van der Waals surface area contributed by atoms with Crippen LogP contribution in [-0.4, -0.2) is 24.5 Å². The third kappa shape index (κ3) is 4.94. The number of amides is 4. The van der Waals surface area contributed by atoms with E-state index in [4.69, 9.17) is 21.1 Å². The Morgan fingerprint density at radius 2 is 1.66 bits per heavy atom. The van der Waals surface area contributed by atoms with Crippen molar-refractivity contribution in [1.29, 1.82) is 0 Å². The molecule has 0 aromatic heterocycles. The summed E-state index contributed by atoms with van der Waals surface area (Å²) in [5.74, 6) is -0.823. The van der Waals surface area contributed by atoms with Gasteiger partial charge >= 0.3 is 6.03 Å². The van der Waals surface area contributed by atoms with Crippen molar-refractivity contribution in [2.75, 3.05) is 6.61 Å². The summed E-state index contributed by atoms with van der Waals surface area (Å²) >= 11 is 6.39. The lowest BCUT2D eigenvalue weighted by atomic mass is 10.1. The summed E-state index contributed by atoms with van der Waals surface area (Å²) in [5.41, 5.74) is 2.37. The molecule has 1 fully saturated rings. The van der Waals surface area contributed by atoms with Crippen molar-refractivity contribution in [2.45, 2.75) is 20.5 Å². The zero-order chi connectivity index (χ0) is 21.0. The van der Waals surface area contributed by atoms with E-state index < -0.39 is 17.8 Å². The highest BCUT2D eigenvalue weighted by molar-refractivity contribution is 6.33. The van der Waals surface area contributed by atoms with Gasteiger partial charge in [-0.15, -0.1) is 0 Å². The van der Waals surface area contributed by atoms with E-state index in [0.29, 0.717) is 30.3 Å². The number of imide groups is 2. The van der Waals surface area contributed by atoms with Crippen LogP contribution in [0.15, 0.2) is 42.0 Å². The lowest BCUT2D eigenvalue weighted by Crippen LogP contribution is -2.51. The van der Waals surface area contributed by atoms with Gasteiger partial charge in [0.1, 0.15) is 12.2 Å². The highest BCUT2D eigenvalue weighted by Gasteiger charge is 2.28. The molecule has 0 radical (unpaired) electrons. The number of carbonyl (C=O) groups excluding carboxylic acids is 3. The molecule has 3 rings (SSSR count). The molecule has 150 valence electrons. The second kappa shape index (κ2) is 8.79. The SMILES string of the molecule is CCOc1cc(C=C2C(=O)NC(=O)NC2=O)cc(Cl)c1OCc1ccc(C)cc1. The molecule has 0 bridgehead atoms. The van der Waals surface area contributed by atoms with Crippen molar-refractivity contribution in [2.24, 2.45) is 0 Å². The topological polar surface area (TPSA) is 93.7 Å². The highest BCUT2D eigenvalue weighted by atomic mass is 35.5. The van der Waals surface area contributed by atoms with Crippen LogP contribution in [0.3, 0.4) is 0 Å². The molecule has 8 heteroatoms. The van der Waals surface area contributed by atoms with Gasteiger partial charge in [-0.1, -0.05) is 41.4 Å². The number of urea groups is 1. The van der Waals surface area contributed by atoms with Crippen molar-refractivity contribution in [3.8, 4) is 11.5 Å². The van der Waals surface area contributed by atoms with Gasteiger partial charge in [0.15, 0.2) is 11.5 Å². The van der Waals surface area contributed by atoms with Gasteiger partial charge in [0.2, 0.25) is 0 Å². The Hall–Kier alpha value is -3.32. The Labute approximate surface area is 172 Å². The molecule has 2 aromatic rings. The molecule has 0 unspecified atom stereocenters. The van der Waals surface area contributed by atoms with Crippen LogP contribution in [0, 0.1) is 6.92 Å². The normalized spacial score (nSPS) is 13.6.